The number of aryl methyl sites for hydroxylation is 1. The van der Waals surface area contributed by atoms with Gasteiger partial charge in [0.05, 0.1) is 42.7 Å². The van der Waals surface area contributed by atoms with Gasteiger partial charge in [-0.3, -0.25) is 14.8 Å². The SMILES string of the molecule is Cc1cccc2cccc(-c3ncc4c(N5CCN(C(=O)O)[C@](CC#N)(Cc6ccccc6)C5)nc(OCCCN5C[C@@H]6C[C@H]5CO6)nc4c3F)c12. The molecule has 0 saturated carbocycles. The predicted octanol–water partition coefficient (Wildman–Crippen LogP) is 6.23. The standard InChI is InChI=1S/C40H40FN7O4/c1-26-8-5-11-28-12-6-13-31(33(26)28)35-34(41)36-32(22-43-35)37(45-38(44-36)51-19-7-16-46-23-30-20-29(46)24-52-30)47-17-18-48(39(49)50)40(25-47,14-15-42)21-27-9-3-2-4-10-27/h2-6,8-13,22,29-30H,7,14,16-21,23-25H2,1H3,(H,49,50)/t29-,30-,40+/m0/s1. The number of carboxylic acid groups (broad SMARTS) is 1. The van der Waals surface area contributed by atoms with Crippen LogP contribution in [-0.4, -0.2) is 99.6 Å². The second-order valence-electron chi connectivity index (χ2n) is 14.1. The molecule has 3 atom stereocenters. The fourth-order valence-electron chi connectivity index (χ4n) is 8.37. The highest BCUT2D eigenvalue weighted by atomic mass is 19.1. The third kappa shape index (κ3) is 6.24. The fraction of sp³-hybridized carbons (Fsp3) is 0.375. The number of carbonyl (C=O) groups is 1. The maximum atomic E-state index is 17.0. The summed E-state index contributed by atoms with van der Waals surface area (Å²) in [5, 5.41) is 22.6. The van der Waals surface area contributed by atoms with Crippen LogP contribution in [0.25, 0.3) is 32.9 Å². The Morgan fingerprint density at radius 3 is 2.69 bits per heavy atom. The Morgan fingerprint density at radius 2 is 1.94 bits per heavy atom. The Morgan fingerprint density at radius 1 is 1.12 bits per heavy atom. The molecular formula is C40H40FN7O4. The lowest BCUT2D eigenvalue weighted by atomic mass is 9.84. The molecule has 12 heteroatoms. The van der Waals surface area contributed by atoms with E-state index in [4.69, 9.17) is 14.5 Å². The molecule has 266 valence electrons. The summed E-state index contributed by atoms with van der Waals surface area (Å²) >= 11 is 0. The normalized spacial score (nSPS) is 21.6. The highest BCUT2D eigenvalue weighted by Gasteiger charge is 2.45. The van der Waals surface area contributed by atoms with E-state index in [9.17, 15) is 15.2 Å². The van der Waals surface area contributed by atoms with Crippen LogP contribution in [-0.2, 0) is 11.2 Å². The number of amides is 1. The van der Waals surface area contributed by atoms with Gasteiger partial charge in [-0.2, -0.15) is 15.2 Å². The molecule has 52 heavy (non-hydrogen) atoms. The molecule has 2 aromatic heterocycles. The van der Waals surface area contributed by atoms with E-state index >= 15 is 4.39 Å². The first kappa shape index (κ1) is 33.7. The van der Waals surface area contributed by atoms with Crippen LogP contribution in [0.5, 0.6) is 6.01 Å². The molecule has 3 aliphatic heterocycles. The van der Waals surface area contributed by atoms with Crippen molar-refractivity contribution in [3.8, 4) is 23.3 Å². The van der Waals surface area contributed by atoms with Gasteiger partial charge in [0.15, 0.2) is 5.82 Å². The number of anilines is 1. The van der Waals surface area contributed by atoms with E-state index in [-0.39, 0.29) is 43.3 Å². The molecule has 1 N–H and O–H groups in total. The van der Waals surface area contributed by atoms with Gasteiger partial charge in [0, 0.05) is 50.5 Å². The monoisotopic (exact) mass is 701 g/mol. The molecule has 0 aliphatic carbocycles. The van der Waals surface area contributed by atoms with Crippen molar-refractivity contribution in [2.24, 2.45) is 0 Å². The van der Waals surface area contributed by atoms with Gasteiger partial charge in [-0.05, 0) is 48.1 Å². The minimum absolute atomic E-state index is 0.0357. The van der Waals surface area contributed by atoms with E-state index in [1.807, 2.05) is 78.6 Å². The Balaban J connectivity index is 1.19. The largest absolute Gasteiger partial charge is 0.465 e. The number of likely N-dealkylation sites (tertiary alicyclic amines) is 1. The first-order chi connectivity index (χ1) is 25.3. The van der Waals surface area contributed by atoms with Gasteiger partial charge in [0.2, 0.25) is 0 Å². The molecule has 8 rings (SSSR count). The summed E-state index contributed by atoms with van der Waals surface area (Å²) in [7, 11) is 0. The lowest BCUT2D eigenvalue weighted by Gasteiger charge is -2.49. The van der Waals surface area contributed by atoms with Gasteiger partial charge in [-0.1, -0.05) is 66.7 Å². The summed E-state index contributed by atoms with van der Waals surface area (Å²) in [5.41, 5.74) is 1.72. The predicted molar refractivity (Wildman–Crippen MR) is 195 cm³/mol. The van der Waals surface area contributed by atoms with E-state index in [0.717, 1.165) is 54.4 Å². The topological polar surface area (TPSA) is 128 Å². The number of nitrogens with zero attached hydrogens (tertiary/aromatic N) is 7. The van der Waals surface area contributed by atoms with Crippen LogP contribution >= 0.6 is 0 Å². The van der Waals surface area contributed by atoms with Gasteiger partial charge in [-0.15, -0.1) is 0 Å². The fourth-order valence-corrected chi connectivity index (χ4v) is 8.37. The molecule has 0 spiro atoms. The Kier molecular flexibility index (Phi) is 9.07. The molecule has 0 radical (unpaired) electrons. The van der Waals surface area contributed by atoms with Crippen molar-refractivity contribution in [1.29, 1.82) is 5.26 Å². The summed E-state index contributed by atoms with van der Waals surface area (Å²) in [6.07, 6.45) is 2.89. The summed E-state index contributed by atoms with van der Waals surface area (Å²) in [5.74, 6) is -0.201. The molecule has 1 amide bonds. The number of nitriles is 1. The zero-order valence-electron chi connectivity index (χ0n) is 29.0. The van der Waals surface area contributed by atoms with Crippen LogP contribution < -0.4 is 9.64 Å². The van der Waals surface area contributed by atoms with Crippen molar-refractivity contribution in [3.63, 3.8) is 0 Å². The number of morpholine rings is 1. The molecule has 5 heterocycles. The maximum absolute atomic E-state index is 17.0. The highest BCUT2D eigenvalue weighted by molar-refractivity contribution is 6.00. The Hall–Kier alpha value is -5.38. The number of halogens is 1. The Labute approximate surface area is 301 Å². The molecule has 0 unspecified atom stereocenters. The average Bonchev–Trinajstić information content (AvgIpc) is 3.78. The van der Waals surface area contributed by atoms with E-state index in [1.165, 1.54) is 4.90 Å². The summed E-state index contributed by atoms with van der Waals surface area (Å²) in [4.78, 5) is 32.5. The van der Waals surface area contributed by atoms with Crippen molar-refractivity contribution in [2.75, 3.05) is 50.8 Å². The number of rotatable bonds is 10. The molecule has 3 saturated heterocycles. The minimum Gasteiger partial charge on any atom is -0.465 e. The van der Waals surface area contributed by atoms with Crippen LogP contribution in [0, 0.1) is 24.1 Å². The molecule has 3 fully saturated rings. The molecule has 11 nitrogen and oxygen atoms in total. The van der Waals surface area contributed by atoms with Crippen LogP contribution in [0.4, 0.5) is 15.0 Å². The Bertz CT molecular complexity index is 2170. The molecular weight excluding hydrogens is 661 g/mol. The minimum atomic E-state index is -1.09. The van der Waals surface area contributed by atoms with E-state index in [0.29, 0.717) is 41.9 Å². The molecule has 2 bridgehead atoms. The smallest absolute Gasteiger partial charge is 0.407 e. The number of pyridine rings is 1. The lowest BCUT2D eigenvalue weighted by Crippen LogP contribution is -2.65. The van der Waals surface area contributed by atoms with Crippen LogP contribution in [0.3, 0.4) is 0 Å². The highest BCUT2D eigenvalue weighted by Crippen LogP contribution is 2.38. The zero-order chi connectivity index (χ0) is 35.8. The van der Waals surface area contributed by atoms with Gasteiger partial charge < -0.3 is 19.5 Å². The van der Waals surface area contributed by atoms with Crippen molar-refractivity contribution in [3.05, 3.63) is 89.9 Å². The zero-order valence-corrected chi connectivity index (χ0v) is 29.0. The summed E-state index contributed by atoms with van der Waals surface area (Å²) in [6.45, 7) is 5.41. The summed E-state index contributed by atoms with van der Waals surface area (Å²) < 4.78 is 28.9. The van der Waals surface area contributed by atoms with Crippen LogP contribution in [0.2, 0.25) is 0 Å². The lowest BCUT2D eigenvalue weighted by molar-refractivity contribution is 0.0287. The molecule has 3 aromatic carbocycles. The second-order valence-corrected chi connectivity index (χ2v) is 14.1. The van der Waals surface area contributed by atoms with Gasteiger partial charge in [0.1, 0.15) is 17.0 Å². The number of benzene rings is 3. The van der Waals surface area contributed by atoms with Crippen molar-refractivity contribution >= 4 is 33.6 Å². The van der Waals surface area contributed by atoms with Gasteiger partial charge in [-0.25, -0.2) is 9.18 Å². The number of ether oxygens (including phenoxy) is 2. The second kappa shape index (κ2) is 14.0. The number of aromatic nitrogens is 3. The van der Waals surface area contributed by atoms with Crippen molar-refractivity contribution in [2.45, 2.75) is 50.3 Å². The summed E-state index contributed by atoms with van der Waals surface area (Å²) in [6, 6.07) is 24.0. The van der Waals surface area contributed by atoms with E-state index < -0.39 is 17.4 Å². The van der Waals surface area contributed by atoms with Crippen molar-refractivity contribution < 1.29 is 23.8 Å². The number of hydrogen-bond acceptors (Lipinski definition) is 9. The van der Waals surface area contributed by atoms with Crippen molar-refractivity contribution in [1.82, 2.24) is 24.8 Å². The third-order valence-electron chi connectivity index (χ3n) is 10.8. The quantitative estimate of drug-likeness (QED) is 0.168. The number of fused-ring (bicyclic) bond motifs is 4. The molecule has 5 aromatic rings. The van der Waals surface area contributed by atoms with E-state index in [1.54, 1.807) is 6.20 Å². The number of hydrogen-bond donors (Lipinski definition) is 1. The first-order valence-corrected chi connectivity index (χ1v) is 17.8. The van der Waals surface area contributed by atoms with Gasteiger partial charge >= 0.3 is 12.1 Å². The van der Waals surface area contributed by atoms with Gasteiger partial charge in [0.25, 0.3) is 0 Å². The number of piperazine rings is 1. The molecule has 3 aliphatic rings. The van der Waals surface area contributed by atoms with Crippen LogP contribution in [0.15, 0.2) is 72.9 Å². The first-order valence-electron chi connectivity index (χ1n) is 17.8. The van der Waals surface area contributed by atoms with Crippen LogP contribution in [0.1, 0.15) is 30.4 Å². The average molecular weight is 702 g/mol. The third-order valence-corrected chi connectivity index (χ3v) is 10.8. The van der Waals surface area contributed by atoms with E-state index in [2.05, 4.69) is 20.9 Å². The maximum Gasteiger partial charge on any atom is 0.407 e.